The van der Waals surface area contributed by atoms with Gasteiger partial charge in [0.15, 0.2) is 0 Å². The van der Waals surface area contributed by atoms with E-state index in [0.717, 1.165) is 12.8 Å². The van der Waals surface area contributed by atoms with Gasteiger partial charge >= 0.3 is 0 Å². The van der Waals surface area contributed by atoms with Crippen LogP contribution in [-0.2, 0) is 0 Å². The predicted molar refractivity (Wildman–Crippen MR) is 70.5 cm³/mol. The second-order valence-electron chi connectivity index (χ2n) is 5.19. The van der Waals surface area contributed by atoms with Crippen LogP contribution in [0.2, 0.25) is 0 Å². The van der Waals surface area contributed by atoms with E-state index in [2.05, 4.69) is 5.32 Å². The molecule has 0 aliphatic rings. The van der Waals surface area contributed by atoms with E-state index in [-0.39, 0.29) is 29.2 Å². The van der Waals surface area contributed by atoms with Crippen molar-refractivity contribution in [1.29, 1.82) is 0 Å². The highest BCUT2D eigenvalue weighted by atomic mass is 16.3. The molecule has 0 heterocycles. The van der Waals surface area contributed by atoms with Crippen LogP contribution in [0, 0.1) is 5.41 Å². The number of carbonyl (C=O) groups excluding carboxylic acids is 1. The second-order valence-corrected chi connectivity index (χ2v) is 5.19. The molecule has 3 N–H and O–H groups in total. The topological polar surface area (TPSA) is 69.6 Å². The molecule has 1 amide bonds. The van der Waals surface area contributed by atoms with Gasteiger partial charge in [-0.3, -0.25) is 4.79 Å². The quantitative estimate of drug-likeness (QED) is 0.723. The minimum atomic E-state index is -0.273. The zero-order chi connectivity index (χ0) is 13.6. The Morgan fingerprint density at radius 2 is 2.00 bits per heavy atom. The Labute approximate surface area is 108 Å². The summed E-state index contributed by atoms with van der Waals surface area (Å²) >= 11 is 0. The summed E-state index contributed by atoms with van der Waals surface area (Å²) in [6.07, 6.45) is 1.56. The number of aromatic hydroxyl groups is 1. The Balaban J connectivity index is 2.54. The van der Waals surface area contributed by atoms with Gasteiger partial charge in [0.25, 0.3) is 5.91 Å². The van der Waals surface area contributed by atoms with E-state index < -0.39 is 0 Å². The lowest BCUT2D eigenvalue weighted by Gasteiger charge is -2.24. The molecule has 0 aliphatic heterocycles. The minimum Gasteiger partial charge on any atom is -0.507 e. The first-order valence-electron chi connectivity index (χ1n) is 6.13. The molecular formula is C14H21NO3. The van der Waals surface area contributed by atoms with Gasteiger partial charge < -0.3 is 15.5 Å². The van der Waals surface area contributed by atoms with Crippen molar-refractivity contribution in [2.45, 2.75) is 26.7 Å². The Morgan fingerprint density at radius 1 is 1.33 bits per heavy atom. The third-order valence-electron chi connectivity index (χ3n) is 2.89. The lowest BCUT2D eigenvalue weighted by molar-refractivity contribution is 0.0930. The number of benzene rings is 1. The maximum Gasteiger partial charge on any atom is 0.255 e. The maximum atomic E-state index is 11.9. The summed E-state index contributed by atoms with van der Waals surface area (Å²) in [5.74, 6) is -0.284. The van der Waals surface area contributed by atoms with Gasteiger partial charge in [0, 0.05) is 13.2 Å². The van der Waals surface area contributed by atoms with E-state index in [0.29, 0.717) is 6.54 Å². The van der Waals surface area contributed by atoms with Gasteiger partial charge in [0.2, 0.25) is 0 Å². The molecular weight excluding hydrogens is 230 g/mol. The number of aliphatic hydroxyl groups is 1. The van der Waals surface area contributed by atoms with Crippen LogP contribution in [0.15, 0.2) is 24.3 Å². The molecule has 0 atom stereocenters. The Kier molecular flexibility index (Phi) is 5.16. The van der Waals surface area contributed by atoms with Crippen molar-refractivity contribution < 1.29 is 15.0 Å². The van der Waals surface area contributed by atoms with E-state index in [9.17, 15) is 9.90 Å². The van der Waals surface area contributed by atoms with Gasteiger partial charge in [0.1, 0.15) is 5.75 Å². The lowest BCUT2D eigenvalue weighted by Crippen LogP contribution is -2.34. The number of phenols is 1. The monoisotopic (exact) mass is 251 g/mol. The summed E-state index contributed by atoms with van der Waals surface area (Å²) in [6.45, 7) is 4.75. The van der Waals surface area contributed by atoms with E-state index >= 15 is 0 Å². The number of amides is 1. The van der Waals surface area contributed by atoms with Crippen molar-refractivity contribution in [3.63, 3.8) is 0 Å². The van der Waals surface area contributed by atoms with E-state index in [4.69, 9.17) is 5.11 Å². The number of para-hydroxylation sites is 1. The Morgan fingerprint density at radius 3 is 2.61 bits per heavy atom. The second kappa shape index (κ2) is 6.40. The smallest absolute Gasteiger partial charge is 0.255 e. The number of carbonyl (C=O) groups is 1. The molecule has 4 nitrogen and oxygen atoms in total. The summed E-state index contributed by atoms with van der Waals surface area (Å²) in [5, 5.41) is 21.2. The molecule has 18 heavy (non-hydrogen) atoms. The van der Waals surface area contributed by atoms with Gasteiger partial charge in [-0.25, -0.2) is 0 Å². The van der Waals surface area contributed by atoms with E-state index in [1.54, 1.807) is 18.2 Å². The maximum absolute atomic E-state index is 11.9. The van der Waals surface area contributed by atoms with Gasteiger partial charge in [-0.1, -0.05) is 26.0 Å². The summed E-state index contributed by atoms with van der Waals surface area (Å²) in [4.78, 5) is 11.9. The molecule has 1 aromatic carbocycles. The van der Waals surface area contributed by atoms with Crippen molar-refractivity contribution in [3.8, 4) is 5.75 Å². The lowest BCUT2D eigenvalue weighted by atomic mass is 9.88. The third kappa shape index (κ3) is 4.37. The molecule has 0 radical (unpaired) electrons. The number of hydrogen-bond acceptors (Lipinski definition) is 3. The van der Waals surface area contributed by atoms with Gasteiger partial charge in [-0.05, 0) is 30.4 Å². The summed E-state index contributed by atoms with van der Waals surface area (Å²) in [6, 6.07) is 6.47. The van der Waals surface area contributed by atoms with Crippen LogP contribution in [0.3, 0.4) is 0 Å². The number of hydrogen-bond donors (Lipinski definition) is 3. The van der Waals surface area contributed by atoms with Crippen molar-refractivity contribution in [3.05, 3.63) is 29.8 Å². The molecule has 4 heteroatoms. The molecule has 0 saturated heterocycles. The molecule has 100 valence electrons. The fourth-order valence-corrected chi connectivity index (χ4v) is 1.73. The van der Waals surface area contributed by atoms with Gasteiger partial charge in [-0.2, -0.15) is 0 Å². The number of nitrogens with one attached hydrogen (secondary N) is 1. The average Bonchev–Trinajstić information content (AvgIpc) is 2.34. The van der Waals surface area contributed by atoms with Gasteiger partial charge in [0.05, 0.1) is 5.56 Å². The first kappa shape index (κ1) is 14.5. The molecule has 1 rings (SSSR count). The highest BCUT2D eigenvalue weighted by Gasteiger charge is 2.19. The van der Waals surface area contributed by atoms with Crippen molar-refractivity contribution in [1.82, 2.24) is 5.32 Å². The van der Waals surface area contributed by atoms with Crippen LogP contribution >= 0.6 is 0 Å². The van der Waals surface area contributed by atoms with Crippen LogP contribution in [0.5, 0.6) is 5.75 Å². The highest BCUT2D eigenvalue weighted by molar-refractivity contribution is 5.96. The molecule has 0 saturated carbocycles. The predicted octanol–water partition coefficient (Wildman–Crippen LogP) is 1.92. The normalized spacial score (nSPS) is 11.3. The Hall–Kier alpha value is -1.55. The van der Waals surface area contributed by atoms with Crippen LogP contribution in [0.4, 0.5) is 0 Å². The zero-order valence-corrected chi connectivity index (χ0v) is 10.9. The third-order valence-corrected chi connectivity index (χ3v) is 2.89. The largest absolute Gasteiger partial charge is 0.507 e. The highest BCUT2D eigenvalue weighted by Crippen LogP contribution is 2.21. The van der Waals surface area contributed by atoms with E-state index in [1.165, 1.54) is 6.07 Å². The zero-order valence-electron chi connectivity index (χ0n) is 10.9. The number of phenolic OH excluding ortho intramolecular Hbond substituents is 1. The molecule has 0 fully saturated rings. The summed E-state index contributed by atoms with van der Waals surface area (Å²) in [7, 11) is 0. The Bertz CT molecular complexity index is 402. The first-order valence-corrected chi connectivity index (χ1v) is 6.13. The molecule has 0 unspecified atom stereocenters. The molecule has 1 aromatic rings. The fourth-order valence-electron chi connectivity index (χ4n) is 1.73. The number of aliphatic hydroxyl groups excluding tert-OH is 1. The average molecular weight is 251 g/mol. The van der Waals surface area contributed by atoms with E-state index in [1.807, 2.05) is 13.8 Å². The fraction of sp³-hybridized carbons (Fsp3) is 0.500. The van der Waals surface area contributed by atoms with Crippen molar-refractivity contribution >= 4 is 5.91 Å². The van der Waals surface area contributed by atoms with Crippen LogP contribution in [0.1, 0.15) is 37.0 Å². The van der Waals surface area contributed by atoms with Crippen molar-refractivity contribution in [2.75, 3.05) is 13.2 Å². The molecule has 0 aromatic heterocycles. The summed E-state index contributed by atoms with van der Waals surface area (Å²) in [5.41, 5.74) is 0.221. The first-order chi connectivity index (χ1) is 8.46. The SMILES string of the molecule is CC(C)(CCCO)CNC(=O)c1ccccc1O. The summed E-state index contributed by atoms with van der Waals surface area (Å²) < 4.78 is 0. The molecule has 0 spiro atoms. The van der Waals surface area contributed by atoms with Crippen LogP contribution in [0.25, 0.3) is 0 Å². The van der Waals surface area contributed by atoms with Crippen LogP contribution < -0.4 is 5.32 Å². The van der Waals surface area contributed by atoms with Gasteiger partial charge in [-0.15, -0.1) is 0 Å². The minimum absolute atomic E-state index is 0.0110. The molecule has 0 bridgehead atoms. The molecule has 0 aliphatic carbocycles. The van der Waals surface area contributed by atoms with Crippen molar-refractivity contribution in [2.24, 2.45) is 5.41 Å². The number of rotatable bonds is 6. The van der Waals surface area contributed by atoms with Crippen LogP contribution in [-0.4, -0.2) is 29.3 Å². The standard InChI is InChI=1S/C14H21NO3/c1-14(2,8-5-9-16)10-15-13(18)11-6-3-4-7-12(11)17/h3-4,6-7,16-17H,5,8-10H2,1-2H3,(H,15,18).